The Hall–Kier alpha value is -3.48. The van der Waals surface area contributed by atoms with Gasteiger partial charge in [0.05, 0.1) is 0 Å². The molecule has 0 atom stereocenters. The highest BCUT2D eigenvalue weighted by Gasteiger charge is 2.02. The third kappa shape index (κ3) is 6.39. The van der Waals surface area contributed by atoms with Crippen LogP contribution in [-0.4, -0.2) is 34.2 Å². The van der Waals surface area contributed by atoms with Crippen LogP contribution < -0.4 is 16.0 Å². The summed E-state index contributed by atoms with van der Waals surface area (Å²) in [6.45, 7) is 1.11. The minimum atomic E-state index is 0.0432. The molecule has 1 aromatic carbocycles. The normalized spacial score (nSPS) is 10.2. The maximum absolute atomic E-state index is 11.9. The van der Waals surface area contributed by atoms with Crippen molar-refractivity contribution in [3.05, 3.63) is 72.4 Å². The molecular weight excluding hydrogens is 340 g/mol. The highest BCUT2D eigenvalue weighted by molar-refractivity contribution is 5.76. The van der Waals surface area contributed by atoms with Crippen LogP contribution in [0.2, 0.25) is 0 Å². The summed E-state index contributed by atoms with van der Waals surface area (Å²) >= 11 is 0. The standard InChI is InChI=1S/C20H22N6O/c27-20(12-9-16-6-2-1-3-7-16)23-15-14-22-18-10-11-19(26-25-18)24-17-8-4-5-13-21-17/h1-8,10-11,13H,9,12,14-15H2,(H,22,25)(H,23,27)(H,21,24,26). The van der Waals surface area contributed by atoms with Gasteiger partial charge in [-0.15, -0.1) is 10.2 Å². The molecule has 138 valence electrons. The van der Waals surface area contributed by atoms with E-state index in [1.807, 2.05) is 60.7 Å². The largest absolute Gasteiger partial charge is 0.367 e. The van der Waals surface area contributed by atoms with Gasteiger partial charge in [-0.2, -0.15) is 0 Å². The first-order chi connectivity index (χ1) is 13.3. The Bertz CT molecular complexity index is 824. The Kier molecular flexibility index (Phi) is 6.69. The minimum absolute atomic E-state index is 0.0432. The van der Waals surface area contributed by atoms with Crippen molar-refractivity contribution in [1.82, 2.24) is 20.5 Å². The second-order valence-corrected chi connectivity index (χ2v) is 5.91. The fourth-order valence-corrected chi connectivity index (χ4v) is 2.44. The zero-order chi connectivity index (χ0) is 18.7. The molecule has 0 saturated carbocycles. The predicted molar refractivity (Wildman–Crippen MR) is 106 cm³/mol. The molecule has 0 aliphatic heterocycles. The average Bonchev–Trinajstić information content (AvgIpc) is 2.72. The molecule has 0 saturated heterocycles. The maximum Gasteiger partial charge on any atom is 0.220 e. The lowest BCUT2D eigenvalue weighted by molar-refractivity contribution is -0.120. The van der Waals surface area contributed by atoms with Crippen molar-refractivity contribution < 1.29 is 4.79 Å². The highest BCUT2D eigenvalue weighted by Crippen LogP contribution is 2.11. The summed E-state index contributed by atoms with van der Waals surface area (Å²) in [5, 5.41) is 17.3. The number of rotatable bonds is 9. The van der Waals surface area contributed by atoms with Crippen molar-refractivity contribution in [2.75, 3.05) is 23.7 Å². The lowest BCUT2D eigenvalue weighted by atomic mass is 10.1. The van der Waals surface area contributed by atoms with Gasteiger partial charge in [0, 0.05) is 25.7 Å². The van der Waals surface area contributed by atoms with Crippen molar-refractivity contribution in [3.8, 4) is 0 Å². The maximum atomic E-state index is 11.9. The number of hydrogen-bond acceptors (Lipinski definition) is 6. The molecule has 3 rings (SSSR count). The van der Waals surface area contributed by atoms with Gasteiger partial charge >= 0.3 is 0 Å². The number of amides is 1. The number of benzene rings is 1. The second-order valence-electron chi connectivity index (χ2n) is 5.91. The zero-order valence-electron chi connectivity index (χ0n) is 14.9. The van der Waals surface area contributed by atoms with Gasteiger partial charge in [-0.1, -0.05) is 36.4 Å². The Balaban J connectivity index is 1.33. The number of pyridine rings is 1. The monoisotopic (exact) mass is 362 g/mol. The number of aromatic nitrogens is 3. The molecule has 1 amide bonds. The summed E-state index contributed by atoms with van der Waals surface area (Å²) in [6, 6.07) is 19.2. The molecule has 2 heterocycles. The molecule has 7 nitrogen and oxygen atoms in total. The summed E-state index contributed by atoms with van der Waals surface area (Å²) in [7, 11) is 0. The summed E-state index contributed by atoms with van der Waals surface area (Å²) in [5.41, 5.74) is 1.17. The summed E-state index contributed by atoms with van der Waals surface area (Å²) in [6.07, 6.45) is 2.94. The van der Waals surface area contributed by atoms with E-state index in [0.29, 0.717) is 37.0 Å². The Morgan fingerprint density at radius 2 is 1.59 bits per heavy atom. The van der Waals surface area contributed by atoms with E-state index in [2.05, 4.69) is 31.1 Å². The van der Waals surface area contributed by atoms with E-state index >= 15 is 0 Å². The van der Waals surface area contributed by atoms with Crippen LogP contribution in [0.3, 0.4) is 0 Å². The number of hydrogen-bond donors (Lipinski definition) is 3. The molecule has 0 aliphatic rings. The van der Waals surface area contributed by atoms with E-state index in [1.54, 1.807) is 6.20 Å². The number of carbonyl (C=O) groups excluding carboxylic acids is 1. The first-order valence-corrected chi connectivity index (χ1v) is 8.86. The van der Waals surface area contributed by atoms with Gasteiger partial charge in [0.15, 0.2) is 5.82 Å². The Morgan fingerprint density at radius 3 is 2.33 bits per heavy atom. The molecule has 3 N–H and O–H groups in total. The third-order valence-electron chi connectivity index (χ3n) is 3.82. The van der Waals surface area contributed by atoms with E-state index in [9.17, 15) is 4.79 Å². The first kappa shape index (κ1) is 18.3. The topological polar surface area (TPSA) is 91.8 Å². The first-order valence-electron chi connectivity index (χ1n) is 8.86. The molecule has 3 aromatic rings. The summed E-state index contributed by atoms with van der Waals surface area (Å²) in [5.74, 6) is 2.03. The zero-order valence-corrected chi connectivity index (χ0v) is 14.9. The quantitative estimate of drug-likeness (QED) is 0.507. The van der Waals surface area contributed by atoms with Crippen LogP contribution in [-0.2, 0) is 11.2 Å². The van der Waals surface area contributed by atoms with E-state index in [1.165, 1.54) is 5.56 Å². The fraction of sp³-hybridized carbons (Fsp3) is 0.200. The fourth-order valence-electron chi connectivity index (χ4n) is 2.44. The number of nitrogens with zero attached hydrogens (tertiary/aromatic N) is 3. The molecule has 0 aliphatic carbocycles. The average molecular weight is 362 g/mol. The lowest BCUT2D eigenvalue weighted by Crippen LogP contribution is -2.29. The number of nitrogens with one attached hydrogen (secondary N) is 3. The van der Waals surface area contributed by atoms with E-state index in [0.717, 1.165) is 6.42 Å². The van der Waals surface area contributed by atoms with E-state index < -0.39 is 0 Å². The van der Waals surface area contributed by atoms with Crippen molar-refractivity contribution in [3.63, 3.8) is 0 Å². The Morgan fingerprint density at radius 1 is 0.815 bits per heavy atom. The number of carbonyl (C=O) groups is 1. The molecule has 0 radical (unpaired) electrons. The van der Waals surface area contributed by atoms with Gasteiger partial charge in [0.1, 0.15) is 11.6 Å². The van der Waals surface area contributed by atoms with Crippen molar-refractivity contribution in [2.45, 2.75) is 12.8 Å². The molecular formula is C20H22N6O. The van der Waals surface area contributed by atoms with E-state index in [-0.39, 0.29) is 5.91 Å². The SMILES string of the molecule is O=C(CCc1ccccc1)NCCNc1ccc(Nc2ccccn2)nn1. The van der Waals surface area contributed by atoms with Crippen LogP contribution in [0.1, 0.15) is 12.0 Å². The van der Waals surface area contributed by atoms with Crippen LogP contribution in [0.5, 0.6) is 0 Å². The van der Waals surface area contributed by atoms with Gasteiger partial charge in [0.25, 0.3) is 0 Å². The molecule has 2 aromatic heterocycles. The van der Waals surface area contributed by atoms with Gasteiger partial charge in [-0.3, -0.25) is 4.79 Å². The third-order valence-corrected chi connectivity index (χ3v) is 3.82. The van der Waals surface area contributed by atoms with Crippen LogP contribution in [0, 0.1) is 0 Å². The second kappa shape index (κ2) is 9.86. The van der Waals surface area contributed by atoms with Crippen LogP contribution in [0.15, 0.2) is 66.9 Å². The summed E-state index contributed by atoms with van der Waals surface area (Å²) < 4.78 is 0. The molecule has 0 fully saturated rings. The highest BCUT2D eigenvalue weighted by atomic mass is 16.1. The molecule has 0 spiro atoms. The number of anilines is 3. The van der Waals surface area contributed by atoms with Crippen LogP contribution >= 0.6 is 0 Å². The van der Waals surface area contributed by atoms with Gasteiger partial charge in [0.2, 0.25) is 5.91 Å². The molecule has 0 unspecified atom stereocenters. The van der Waals surface area contributed by atoms with Gasteiger partial charge in [-0.25, -0.2) is 4.98 Å². The van der Waals surface area contributed by atoms with Crippen molar-refractivity contribution in [1.29, 1.82) is 0 Å². The molecule has 0 bridgehead atoms. The summed E-state index contributed by atoms with van der Waals surface area (Å²) in [4.78, 5) is 16.0. The van der Waals surface area contributed by atoms with Crippen molar-refractivity contribution in [2.24, 2.45) is 0 Å². The van der Waals surface area contributed by atoms with Crippen LogP contribution in [0.4, 0.5) is 17.5 Å². The molecule has 7 heteroatoms. The Labute approximate surface area is 158 Å². The lowest BCUT2D eigenvalue weighted by Gasteiger charge is -2.08. The van der Waals surface area contributed by atoms with E-state index in [4.69, 9.17) is 0 Å². The van der Waals surface area contributed by atoms with Gasteiger partial charge in [-0.05, 0) is 36.2 Å². The van der Waals surface area contributed by atoms with Gasteiger partial charge < -0.3 is 16.0 Å². The number of aryl methyl sites for hydroxylation is 1. The smallest absolute Gasteiger partial charge is 0.220 e. The minimum Gasteiger partial charge on any atom is -0.367 e. The predicted octanol–water partition coefficient (Wildman–Crippen LogP) is 2.78. The molecule has 27 heavy (non-hydrogen) atoms. The van der Waals surface area contributed by atoms with Crippen molar-refractivity contribution >= 4 is 23.4 Å². The van der Waals surface area contributed by atoms with Crippen LogP contribution in [0.25, 0.3) is 0 Å².